The molecular formula is C15H22BrN3O2. The van der Waals surface area contributed by atoms with Crippen LogP contribution >= 0.6 is 15.9 Å². The van der Waals surface area contributed by atoms with Gasteiger partial charge in [-0.2, -0.15) is 0 Å². The molecular weight excluding hydrogens is 334 g/mol. The van der Waals surface area contributed by atoms with Crippen LogP contribution in [0.1, 0.15) is 31.4 Å². The SMILES string of the molecule is CCNCC1CCCN(C)C1c1ccc(Br)cc1[N+](=O)[O-]. The van der Waals surface area contributed by atoms with Gasteiger partial charge in [0.2, 0.25) is 0 Å². The fraction of sp³-hybridized carbons (Fsp3) is 0.600. The maximum Gasteiger partial charge on any atom is 0.275 e. The monoisotopic (exact) mass is 355 g/mol. The molecule has 21 heavy (non-hydrogen) atoms. The highest BCUT2D eigenvalue weighted by atomic mass is 79.9. The summed E-state index contributed by atoms with van der Waals surface area (Å²) in [6.07, 6.45) is 2.25. The number of nitro benzene ring substituents is 1. The first-order valence-electron chi connectivity index (χ1n) is 7.39. The topological polar surface area (TPSA) is 58.4 Å². The van der Waals surface area contributed by atoms with Crippen molar-refractivity contribution >= 4 is 21.6 Å². The molecule has 1 aromatic carbocycles. The Morgan fingerprint density at radius 1 is 1.52 bits per heavy atom. The van der Waals surface area contributed by atoms with Gasteiger partial charge < -0.3 is 5.32 Å². The quantitative estimate of drug-likeness (QED) is 0.649. The summed E-state index contributed by atoms with van der Waals surface area (Å²) in [6, 6.07) is 5.51. The molecule has 6 heteroatoms. The lowest BCUT2D eigenvalue weighted by Gasteiger charge is -2.39. The Morgan fingerprint density at radius 3 is 2.95 bits per heavy atom. The lowest BCUT2D eigenvalue weighted by molar-refractivity contribution is -0.386. The third kappa shape index (κ3) is 3.81. The normalized spacial score (nSPS) is 23.2. The van der Waals surface area contributed by atoms with Crippen molar-refractivity contribution in [1.29, 1.82) is 0 Å². The molecule has 0 aliphatic carbocycles. The smallest absolute Gasteiger partial charge is 0.275 e. The largest absolute Gasteiger partial charge is 0.317 e. The number of hydrogen-bond donors (Lipinski definition) is 1. The molecule has 1 aromatic rings. The molecule has 0 saturated carbocycles. The van der Waals surface area contributed by atoms with Crippen molar-refractivity contribution in [2.24, 2.45) is 5.92 Å². The highest BCUT2D eigenvalue weighted by Crippen LogP contribution is 2.39. The van der Waals surface area contributed by atoms with Crippen LogP contribution in [0.2, 0.25) is 0 Å². The van der Waals surface area contributed by atoms with Gasteiger partial charge in [0.25, 0.3) is 5.69 Å². The molecule has 116 valence electrons. The van der Waals surface area contributed by atoms with Crippen LogP contribution in [-0.2, 0) is 0 Å². The van der Waals surface area contributed by atoms with Gasteiger partial charge in [0, 0.05) is 22.1 Å². The van der Waals surface area contributed by atoms with Crippen molar-refractivity contribution in [1.82, 2.24) is 10.2 Å². The van der Waals surface area contributed by atoms with E-state index in [4.69, 9.17) is 0 Å². The molecule has 0 radical (unpaired) electrons. The number of hydrogen-bond acceptors (Lipinski definition) is 4. The molecule has 1 saturated heterocycles. The molecule has 2 atom stereocenters. The summed E-state index contributed by atoms with van der Waals surface area (Å²) in [5.41, 5.74) is 1.04. The van der Waals surface area contributed by atoms with Gasteiger partial charge in [-0.25, -0.2) is 0 Å². The van der Waals surface area contributed by atoms with Crippen LogP contribution in [0.3, 0.4) is 0 Å². The van der Waals surface area contributed by atoms with E-state index < -0.39 is 0 Å². The van der Waals surface area contributed by atoms with Gasteiger partial charge >= 0.3 is 0 Å². The number of nitro groups is 1. The maximum atomic E-state index is 11.4. The van der Waals surface area contributed by atoms with E-state index in [1.165, 1.54) is 0 Å². The molecule has 5 nitrogen and oxygen atoms in total. The predicted molar refractivity (Wildman–Crippen MR) is 87.4 cm³/mol. The average Bonchev–Trinajstić information content (AvgIpc) is 2.45. The minimum atomic E-state index is -0.271. The van der Waals surface area contributed by atoms with Crippen LogP contribution in [0, 0.1) is 16.0 Å². The number of nitrogens with one attached hydrogen (secondary N) is 1. The van der Waals surface area contributed by atoms with E-state index in [9.17, 15) is 10.1 Å². The van der Waals surface area contributed by atoms with Gasteiger partial charge in [0.1, 0.15) is 0 Å². The summed E-state index contributed by atoms with van der Waals surface area (Å²) in [7, 11) is 2.06. The minimum absolute atomic E-state index is 0.103. The van der Waals surface area contributed by atoms with Crippen LogP contribution in [0.25, 0.3) is 0 Å². The zero-order chi connectivity index (χ0) is 15.4. The van der Waals surface area contributed by atoms with Crippen LogP contribution in [0.5, 0.6) is 0 Å². The number of benzene rings is 1. The first kappa shape index (κ1) is 16.4. The standard InChI is InChI=1S/C15H22BrN3O2/c1-3-17-10-11-5-4-8-18(2)15(11)13-7-6-12(16)9-14(13)19(20)21/h6-7,9,11,15,17H,3-5,8,10H2,1-2H3. The van der Waals surface area contributed by atoms with Crippen LogP contribution in [0.15, 0.2) is 22.7 Å². The van der Waals surface area contributed by atoms with Crippen molar-refractivity contribution in [2.75, 3.05) is 26.7 Å². The third-order valence-corrected chi connectivity index (χ3v) is 4.66. The second kappa shape index (κ2) is 7.33. The molecule has 1 aliphatic heterocycles. The lowest BCUT2D eigenvalue weighted by Crippen LogP contribution is -2.40. The van der Waals surface area contributed by atoms with Crippen LogP contribution < -0.4 is 5.32 Å². The Bertz CT molecular complexity index is 510. The molecule has 1 fully saturated rings. The number of halogens is 1. The van der Waals surface area contributed by atoms with E-state index in [0.717, 1.165) is 42.5 Å². The van der Waals surface area contributed by atoms with Gasteiger partial charge in [-0.15, -0.1) is 0 Å². The highest BCUT2D eigenvalue weighted by Gasteiger charge is 2.34. The lowest BCUT2D eigenvalue weighted by atomic mass is 9.84. The Morgan fingerprint density at radius 2 is 2.29 bits per heavy atom. The molecule has 0 spiro atoms. The van der Waals surface area contributed by atoms with Gasteiger partial charge in [-0.05, 0) is 57.6 Å². The number of piperidine rings is 1. The molecule has 1 N–H and O–H groups in total. The number of likely N-dealkylation sites (tertiary alicyclic amines) is 1. The van der Waals surface area contributed by atoms with E-state index in [1.807, 2.05) is 12.1 Å². The fourth-order valence-corrected chi connectivity index (χ4v) is 3.57. The molecule has 1 heterocycles. The summed E-state index contributed by atoms with van der Waals surface area (Å²) >= 11 is 3.33. The third-order valence-electron chi connectivity index (χ3n) is 4.17. The predicted octanol–water partition coefficient (Wildman–Crippen LogP) is 3.35. The van der Waals surface area contributed by atoms with E-state index in [-0.39, 0.29) is 16.7 Å². The van der Waals surface area contributed by atoms with Crippen LogP contribution in [-0.4, -0.2) is 36.5 Å². The molecule has 2 rings (SSSR count). The highest BCUT2D eigenvalue weighted by molar-refractivity contribution is 9.10. The molecule has 2 unspecified atom stereocenters. The van der Waals surface area contributed by atoms with Crippen molar-refractivity contribution in [3.8, 4) is 0 Å². The van der Waals surface area contributed by atoms with E-state index in [1.54, 1.807) is 6.07 Å². The number of nitrogens with zero attached hydrogens (tertiary/aromatic N) is 2. The van der Waals surface area contributed by atoms with Crippen molar-refractivity contribution in [3.63, 3.8) is 0 Å². The van der Waals surface area contributed by atoms with Crippen molar-refractivity contribution < 1.29 is 4.92 Å². The maximum absolute atomic E-state index is 11.4. The van der Waals surface area contributed by atoms with E-state index in [2.05, 4.69) is 40.1 Å². The minimum Gasteiger partial charge on any atom is -0.317 e. The van der Waals surface area contributed by atoms with E-state index >= 15 is 0 Å². The van der Waals surface area contributed by atoms with Gasteiger partial charge in [0.15, 0.2) is 0 Å². The van der Waals surface area contributed by atoms with Crippen LogP contribution in [0.4, 0.5) is 5.69 Å². The molecule has 0 aromatic heterocycles. The summed E-state index contributed by atoms with van der Waals surface area (Å²) in [4.78, 5) is 13.4. The zero-order valence-corrected chi connectivity index (χ0v) is 14.1. The second-order valence-corrected chi connectivity index (χ2v) is 6.51. The van der Waals surface area contributed by atoms with Gasteiger partial charge in [-0.3, -0.25) is 15.0 Å². The zero-order valence-electron chi connectivity index (χ0n) is 12.5. The second-order valence-electron chi connectivity index (χ2n) is 5.60. The molecule has 0 bridgehead atoms. The fourth-order valence-electron chi connectivity index (χ4n) is 3.22. The van der Waals surface area contributed by atoms with Crippen molar-refractivity contribution in [3.05, 3.63) is 38.3 Å². The molecule has 1 aliphatic rings. The first-order chi connectivity index (χ1) is 10.0. The summed E-state index contributed by atoms with van der Waals surface area (Å²) in [5, 5.41) is 14.8. The molecule has 0 amide bonds. The first-order valence-corrected chi connectivity index (χ1v) is 8.18. The average molecular weight is 356 g/mol. The van der Waals surface area contributed by atoms with Crippen molar-refractivity contribution in [2.45, 2.75) is 25.8 Å². The van der Waals surface area contributed by atoms with E-state index in [0.29, 0.717) is 5.92 Å². The Labute approximate surface area is 134 Å². The summed E-state index contributed by atoms with van der Waals surface area (Å²) in [6.45, 7) is 4.90. The number of rotatable bonds is 5. The summed E-state index contributed by atoms with van der Waals surface area (Å²) in [5.74, 6) is 0.406. The van der Waals surface area contributed by atoms with Gasteiger partial charge in [-0.1, -0.05) is 22.9 Å². The Balaban J connectivity index is 2.37. The Hall–Kier alpha value is -0.980. The summed E-state index contributed by atoms with van der Waals surface area (Å²) < 4.78 is 0.750. The van der Waals surface area contributed by atoms with Gasteiger partial charge in [0.05, 0.1) is 4.92 Å². The Kier molecular flexibility index (Phi) is 5.72.